The summed E-state index contributed by atoms with van der Waals surface area (Å²) in [6, 6.07) is 10.2. The predicted octanol–water partition coefficient (Wildman–Crippen LogP) is 5.18. The van der Waals surface area contributed by atoms with Gasteiger partial charge < -0.3 is 10.1 Å². The van der Waals surface area contributed by atoms with Gasteiger partial charge in [0, 0.05) is 18.2 Å². The molecule has 0 bridgehead atoms. The molecule has 0 saturated heterocycles. The molecule has 0 unspecified atom stereocenters. The molecule has 0 aromatic heterocycles. The lowest BCUT2D eigenvalue weighted by Crippen LogP contribution is -2.15. The highest BCUT2D eigenvalue weighted by atomic mass is 35.5. The van der Waals surface area contributed by atoms with Crippen molar-refractivity contribution in [1.29, 1.82) is 0 Å². The Kier molecular flexibility index (Phi) is 4.34. The van der Waals surface area contributed by atoms with Gasteiger partial charge in [0.2, 0.25) is 0 Å². The minimum absolute atomic E-state index is 0.219. The van der Waals surface area contributed by atoms with Crippen LogP contribution in [0.25, 0.3) is 0 Å². The van der Waals surface area contributed by atoms with Crippen molar-refractivity contribution in [2.45, 2.75) is 25.4 Å². The second-order valence-electron chi connectivity index (χ2n) is 5.06. The zero-order valence-electron chi connectivity index (χ0n) is 11.2. The van der Waals surface area contributed by atoms with Gasteiger partial charge in [0.1, 0.15) is 11.6 Å². The Labute approximate surface area is 132 Å². The van der Waals surface area contributed by atoms with Crippen molar-refractivity contribution < 1.29 is 9.13 Å². The first-order valence-electron chi connectivity index (χ1n) is 6.77. The summed E-state index contributed by atoms with van der Waals surface area (Å²) >= 11 is 12.2. The molecule has 0 atom stereocenters. The van der Waals surface area contributed by atoms with Crippen LogP contribution in [0.4, 0.5) is 4.39 Å². The van der Waals surface area contributed by atoms with Gasteiger partial charge in [0.25, 0.3) is 0 Å². The number of hydrogen-bond acceptors (Lipinski definition) is 2. The van der Waals surface area contributed by atoms with Gasteiger partial charge in [-0.05, 0) is 37.1 Å². The standard InChI is InChI=1S/C16H14Cl2FNO/c17-13-3-1-2-10(9-20-12-5-6-12)16(13)21-15-7-4-11(19)8-14(15)18/h1-4,7-8,12,20H,5-6,9H2. The van der Waals surface area contributed by atoms with Crippen molar-refractivity contribution in [3.05, 3.63) is 57.8 Å². The summed E-state index contributed by atoms with van der Waals surface area (Å²) in [6.07, 6.45) is 2.42. The highest BCUT2D eigenvalue weighted by molar-refractivity contribution is 6.33. The zero-order chi connectivity index (χ0) is 14.8. The average molecular weight is 326 g/mol. The number of benzene rings is 2. The lowest BCUT2D eigenvalue weighted by atomic mass is 10.2. The van der Waals surface area contributed by atoms with E-state index in [4.69, 9.17) is 27.9 Å². The third-order valence-corrected chi connectivity index (χ3v) is 3.91. The van der Waals surface area contributed by atoms with Crippen molar-refractivity contribution in [2.24, 2.45) is 0 Å². The van der Waals surface area contributed by atoms with Crippen LogP contribution < -0.4 is 10.1 Å². The first kappa shape index (κ1) is 14.6. The molecule has 2 aromatic rings. The first-order chi connectivity index (χ1) is 10.1. The summed E-state index contributed by atoms with van der Waals surface area (Å²) in [5.41, 5.74) is 0.954. The molecule has 2 nitrogen and oxygen atoms in total. The van der Waals surface area contributed by atoms with Gasteiger partial charge in [-0.25, -0.2) is 4.39 Å². The van der Waals surface area contributed by atoms with Crippen LogP contribution in [0.2, 0.25) is 10.0 Å². The summed E-state index contributed by atoms with van der Waals surface area (Å²) in [5, 5.41) is 4.14. The lowest BCUT2D eigenvalue weighted by molar-refractivity contribution is 0.471. The van der Waals surface area contributed by atoms with Gasteiger partial charge in [-0.15, -0.1) is 0 Å². The van der Waals surface area contributed by atoms with E-state index in [2.05, 4.69) is 5.32 Å². The molecule has 5 heteroatoms. The molecule has 0 heterocycles. The molecule has 0 spiro atoms. The third-order valence-electron chi connectivity index (χ3n) is 3.31. The summed E-state index contributed by atoms with van der Waals surface area (Å²) in [7, 11) is 0. The molecule has 1 saturated carbocycles. The minimum Gasteiger partial charge on any atom is -0.454 e. The molecule has 1 fully saturated rings. The molecule has 0 aliphatic heterocycles. The van der Waals surface area contributed by atoms with Gasteiger partial charge in [0.05, 0.1) is 10.0 Å². The topological polar surface area (TPSA) is 21.3 Å². The maximum Gasteiger partial charge on any atom is 0.150 e. The maximum absolute atomic E-state index is 13.1. The van der Waals surface area contributed by atoms with Gasteiger partial charge >= 0.3 is 0 Å². The predicted molar refractivity (Wildman–Crippen MR) is 82.8 cm³/mol. The Bertz CT molecular complexity index is 659. The fraction of sp³-hybridized carbons (Fsp3) is 0.250. The fourth-order valence-electron chi connectivity index (χ4n) is 2.02. The van der Waals surface area contributed by atoms with Gasteiger partial charge in [0.15, 0.2) is 5.75 Å². The number of rotatable bonds is 5. The van der Waals surface area contributed by atoms with Crippen LogP contribution in [-0.4, -0.2) is 6.04 Å². The van der Waals surface area contributed by atoms with Crippen molar-refractivity contribution in [1.82, 2.24) is 5.32 Å². The van der Waals surface area contributed by atoms with Crippen LogP contribution in [-0.2, 0) is 6.54 Å². The number of halogens is 3. The summed E-state index contributed by atoms with van der Waals surface area (Å²) < 4.78 is 18.9. The van der Waals surface area contributed by atoms with E-state index in [0.29, 0.717) is 29.1 Å². The van der Waals surface area contributed by atoms with E-state index < -0.39 is 5.82 Å². The number of ether oxygens (including phenoxy) is 1. The van der Waals surface area contributed by atoms with Crippen LogP contribution in [0.15, 0.2) is 36.4 Å². The molecular formula is C16H14Cl2FNO. The lowest BCUT2D eigenvalue weighted by Gasteiger charge is -2.14. The summed E-state index contributed by atoms with van der Waals surface area (Å²) in [4.78, 5) is 0. The highest BCUT2D eigenvalue weighted by Gasteiger charge is 2.21. The van der Waals surface area contributed by atoms with Crippen LogP contribution in [0.5, 0.6) is 11.5 Å². The van der Waals surface area contributed by atoms with E-state index in [0.717, 1.165) is 5.56 Å². The van der Waals surface area contributed by atoms with E-state index >= 15 is 0 Å². The molecule has 2 aromatic carbocycles. The molecular weight excluding hydrogens is 312 g/mol. The molecule has 0 radical (unpaired) electrons. The number of hydrogen-bond donors (Lipinski definition) is 1. The quantitative estimate of drug-likeness (QED) is 0.818. The Balaban J connectivity index is 1.85. The monoisotopic (exact) mass is 325 g/mol. The van der Waals surface area contributed by atoms with Gasteiger partial charge in [-0.1, -0.05) is 35.3 Å². The van der Waals surface area contributed by atoms with Crippen LogP contribution in [0.1, 0.15) is 18.4 Å². The van der Waals surface area contributed by atoms with E-state index in [-0.39, 0.29) is 5.02 Å². The Morgan fingerprint density at radius 3 is 2.67 bits per heavy atom. The zero-order valence-corrected chi connectivity index (χ0v) is 12.7. The van der Waals surface area contributed by atoms with Gasteiger partial charge in [-0.2, -0.15) is 0 Å². The molecule has 1 N–H and O–H groups in total. The highest BCUT2D eigenvalue weighted by Crippen LogP contribution is 2.36. The first-order valence-corrected chi connectivity index (χ1v) is 7.53. The minimum atomic E-state index is -0.401. The SMILES string of the molecule is Fc1ccc(Oc2c(Cl)cccc2CNC2CC2)c(Cl)c1. The van der Waals surface area contributed by atoms with Gasteiger partial charge in [-0.3, -0.25) is 0 Å². The normalized spacial score (nSPS) is 14.2. The van der Waals surface area contributed by atoms with Crippen molar-refractivity contribution in [3.8, 4) is 11.5 Å². The Morgan fingerprint density at radius 1 is 1.14 bits per heavy atom. The van der Waals surface area contributed by atoms with Crippen molar-refractivity contribution >= 4 is 23.2 Å². The number of nitrogens with one attached hydrogen (secondary N) is 1. The molecule has 1 aliphatic carbocycles. The van der Waals surface area contributed by atoms with E-state index in [1.165, 1.54) is 31.0 Å². The smallest absolute Gasteiger partial charge is 0.150 e. The van der Waals surface area contributed by atoms with Crippen molar-refractivity contribution in [3.63, 3.8) is 0 Å². The van der Waals surface area contributed by atoms with Crippen LogP contribution in [0, 0.1) is 5.82 Å². The summed E-state index contributed by atoms with van der Waals surface area (Å²) in [5.74, 6) is 0.543. The third kappa shape index (κ3) is 3.67. The van der Waals surface area contributed by atoms with Crippen LogP contribution in [0.3, 0.4) is 0 Å². The fourth-order valence-corrected chi connectivity index (χ4v) is 2.46. The largest absolute Gasteiger partial charge is 0.454 e. The second-order valence-corrected chi connectivity index (χ2v) is 5.87. The molecule has 110 valence electrons. The van der Waals surface area contributed by atoms with E-state index in [9.17, 15) is 4.39 Å². The number of para-hydroxylation sites is 1. The molecule has 1 aliphatic rings. The average Bonchev–Trinajstić information content (AvgIpc) is 3.26. The molecule has 3 rings (SSSR count). The molecule has 21 heavy (non-hydrogen) atoms. The van der Waals surface area contributed by atoms with E-state index in [1.807, 2.05) is 12.1 Å². The van der Waals surface area contributed by atoms with Crippen molar-refractivity contribution in [2.75, 3.05) is 0 Å². The van der Waals surface area contributed by atoms with Crippen LogP contribution >= 0.6 is 23.2 Å². The summed E-state index contributed by atoms with van der Waals surface area (Å²) in [6.45, 7) is 0.680. The Morgan fingerprint density at radius 2 is 1.95 bits per heavy atom. The molecule has 0 amide bonds. The second kappa shape index (κ2) is 6.22. The Hall–Kier alpha value is -1.29. The van der Waals surface area contributed by atoms with E-state index in [1.54, 1.807) is 6.07 Å². The maximum atomic E-state index is 13.1.